The van der Waals surface area contributed by atoms with Crippen LogP contribution in [0.2, 0.25) is 0 Å². The fourth-order valence-electron chi connectivity index (χ4n) is 1.95. The minimum Gasteiger partial charge on any atom is -0.352 e. The molecule has 2 rings (SSSR count). The first-order chi connectivity index (χ1) is 6.77. The van der Waals surface area contributed by atoms with Gasteiger partial charge in [0.25, 0.3) is 0 Å². The molecular weight excluding hydrogens is 178 g/mol. The van der Waals surface area contributed by atoms with Crippen molar-refractivity contribution in [3.8, 4) is 0 Å². The fraction of sp³-hybridized carbons (Fsp3) is 0.900. The van der Waals surface area contributed by atoms with Crippen molar-refractivity contribution in [2.75, 3.05) is 26.7 Å². The summed E-state index contributed by atoms with van der Waals surface area (Å²) in [4.78, 5) is 13.9. The largest absolute Gasteiger partial charge is 0.352 e. The first-order valence-corrected chi connectivity index (χ1v) is 5.48. The molecule has 0 aromatic rings. The van der Waals surface area contributed by atoms with Crippen LogP contribution in [0.1, 0.15) is 19.3 Å². The van der Waals surface area contributed by atoms with Crippen molar-refractivity contribution in [1.82, 2.24) is 15.5 Å². The van der Waals surface area contributed by atoms with E-state index in [2.05, 4.69) is 15.5 Å². The van der Waals surface area contributed by atoms with Gasteiger partial charge in [0, 0.05) is 25.7 Å². The van der Waals surface area contributed by atoms with Crippen molar-refractivity contribution in [1.29, 1.82) is 0 Å². The molecule has 4 heteroatoms. The third-order valence-corrected chi connectivity index (χ3v) is 3.27. The van der Waals surface area contributed by atoms with Crippen LogP contribution in [0.25, 0.3) is 0 Å². The topological polar surface area (TPSA) is 44.4 Å². The molecule has 4 nitrogen and oxygen atoms in total. The summed E-state index contributed by atoms with van der Waals surface area (Å²) in [5.74, 6) is 0.199. The maximum atomic E-state index is 11.8. The van der Waals surface area contributed by atoms with E-state index in [4.69, 9.17) is 0 Å². The molecule has 1 aliphatic heterocycles. The molecule has 1 atom stereocenters. The first kappa shape index (κ1) is 9.93. The maximum absolute atomic E-state index is 11.8. The normalized spacial score (nSPS) is 29.6. The Balaban J connectivity index is 1.82. The second kappa shape index (κ2) is 4.28. The van der Waals surface area contributed by atoms with Crippen LogP contribution in [0.3, 0.4) is 0 Å². The lowest BCUT2D eigenvalue weighted by molar-refractivity contribution is -0.127. The van der Waals surface area contributed by atoms with Gasteiger partial charge >= 0.3 is 0 Å². The van der Waals surface area contributed by atoms with E-state index < -0.39 is 0 Å². The minimum absolute atomic E-state index is 0.0318. The molecule has 0 radical (unpaired) electrons. The van der Waals surface area contributed by atoms with Crippen molar-refractivity contribution < 1.29 is 4.79 Å². The van der Waals surface area contributed by atoms with Gasteiger partial charge in [-0.3, -0.25) is 9.69 Å². The highest BCUT2D eigenvalue weighted by Gasteiger charge is 2.28. The van der Waals surface area contributed by atoms with Gasteiger partial charge in [0.1, 0.15) is 6.04 Å². The molecule has 0 aromatic carbocycles. The first-order valence-electron chi connectivity index (χ1n) is 5.48. The van der Waals surface area contributed by atoms with E-state index in [0.29, 0.717) is 6.04 Å². The number of carbonyl (C=O) groups excluding carboxylic acids is 1. The summed E-state index contributed by atoms with van der Waals surface area (Å²) in [5, 5.41) is 6.35. The summed E-state index contributed by atoms with van der Waals surface area (Å²) in [7, 11) is 2.02. The molecule has 14 heavy (non-hydrogen) atoms. The lowest BCUT2D eigenvalue weighted by Gasteiger charge is -2.34. The average Bonchev–Trinajstić information content (AvgIpc) is 2.12. The Hall–Kier alpha value is -0.610. The lowest BCUT2D eigenvalue weighted by atomic mass is 9.93. The van der Waals surface area contributed by atoms with Crippen molar-refractivity contribution in [2.45, 2.75) is 31.3 Å². The van der Waals surface area contributed by atoms with Crippen LogP contribution in [-0.4, -0.2) is 49.6 Å². The molecule has 1 saturated carbocycles. The summed E-state index contributed by atoms with van der Waals surface area (Å²) in [6.45, 7) is 2.74. The SMILES string of the molecule is CN1CCNC[C@@H]1C(=O)NC1CCC1. The second-order valence-corrected chi connectivity index (χ2v) is 4.34. The number of rotatable bonds is 2. The van der Waals surface area contributed by atoms with Gasteiger partial charge in [0.2, 0.25) is 5.91 Å². The highest BCUT2D eigenvalue weighted by Crippen LogP contribution is 2.18. The second-order valence-electron chi connectivity index (χ2n) is 4.34. The van der Waals surface area contributed by atoms with E-state index in [1.54, 1.807) is 0 Å². The van der Waals surface area contributed by atoms with Crippen molar-refractivity contribution in [2.24, 2.45) is 0 Å². The van der Waals surface area contributed by atoms with Gasteiger partial charge in [-0.15, -0.1) is 0 Å². The van der Waals surface area contributed by atoms with Gasteiger partial charge in [-0.05, 0) is 26.3 Å². The van der Waals surface area contributed by atoms with Crippen LogP contribution in [0.15, 0.2) is 0 Å². The zero-order valence-corrected chi connectivity index (χ0v) is 8.75. The van der Waals surface area contributed by atoms with E-state index in [0.717, 1.165) is 32.5 Å². The van der Waals surface area contributed by atoms with Gasteiger partial charge in [0.15, 0.2) is 0 Å². The predicted octanol–water partition coefficient (Wildman–Crippen LogP) is -0.441. The van der Waals surface area contributed by atoms with Gasteiger partial charge in [-0.25, -0.2) is 0 Å². The third kappa shape index (κ3) is 2.07. The van der Waals surface area contributed by atoms with Crippen LogP contribution >= 0.6 is 0 Å². The molecule has 1 saturated heterocycles. The predicted molar refractivity (Wildman–Crippen MR) is 55.1 cm³/mol. The molecule has 80 valence electrons. The average molecular weight is 197 g/mol. The Kier molecular flexibility index (Phi) is 3.03. The Morgan fingerprint density at radius 2 is 2.29 bits per heavy atom. The molecule has 0 unspecified atom stereocenters. The minimum atomic E-state index is 0.0318. The molecule has 0 bridgehead atoms. The molecule has 2 fully saturated rings. The van der Waals surface area contributed by atoms with E-state index >= 15 is 0 Å². The Bertz CT molecular complexity index is 215. The van der Waals surface area contributed by atoms with Gasteiger partial charge < -0.3 is 10.6 Å². The standard InChI is InChI=1S/C10H19N3O/c1-13-6-5-11-7-9(13)10(14)12-8-3-2-4-8/h8-9,11H,2-7H2,1H3,(H,12,14)/t9-/m1/s1. The van der Waals surface area contributed by atoms with Crippen LogP contribution < -0.4 is 10.6 Å². The quantitative estimate of drug-likeness (QED) is 0.631. The summed E-state index contributed by atoms with van der Waals surface area (Å²) in [5.41, 5.74) is 0. The molecule has 1 aliphatic carbocycles. The van der Waals surface area contributed by atoms with Crippen LogP contribution in [-0.2, 0) is 4.79 Å². The number of piperazine rings is 1. The Labute approximate surface area is 85.0 Å². The van der Waals surface area contributed by atoms with E-state index in [-0.39, 0.29) is 11.9 Å². The van der Waals surface area contributed by atoms with E-state index in [1.165, 1.54) is 6.42 Å². The summed E-state index contributed by atoms with van der Waals surface area (Å²) < 4.78 is 0. The van der Waals surface area contributed by atoms with Gasteiger partial charge in [-0.2, -0.15) is 0 Å². The third-order valence-electron chi connectivity index (χ3n) is 3.27. The number of hydrogen-bond donors (Lipinski definition) is 2. The van der Waals surface area contributed by atoms with Crippen LogP contribution in [0, 0.1) is 0 Å². The van der Waals surface area contributed by atoms with Crippen molar-refractivity contribution in [3.05, 3.63) is 0 Å². The highest BCUT2D eigenvalue weighted by molar-refractivity contribution is 5.82. The molecule has 1 amide bonds. The van der Waals surface area contributed by atoms with Crippen LogP contribution in [0.4, 0.5) is 0 Å². The summed E-state index contributed by atoms with van der Waals surface area (Å²) >= 11 is 0. The number of likely N-dealkylation sites (N-methyl/N-ethyl adjacent to an activating group) is 1. The Morgan fingerprint density at radius 3 is 2.86 bits per heavy atom. The number of amides is 1. The maximum Gasteiger partial charge on any atom is 0.238 e. The monoisotopic (exact) mass is 197 g/mol. The summed E-state index contributed by atoms with van der Waals surface area (Å²) in [6, 6.07) is 0.488. The van der Waals surface area contributed by atoms with Crippen molar-refractivity contribution in [3.63, 3.8) is 0 Å². The fourth-order valence-corrected chi connectivity index (χ4v) is 1.95. The number of nitrogens with zero attached hydrogens (tertiary/aromatic N) is 1. The van der Waals surface area contributed by atoms with Gasteiger partial charge in [0.05, 0.1) is 0 Å². The summed E-state index contributed by atoms with van der Waals surface area (Å²) in [6.07, 6.45) is 3.59. The zero-order valence-electron chi connectivity index (χ0n) is 8.75. The lowest BCUT2D eigenvalue weighted by Crippen LogP contribution is -2.58. The molecule has 2 aliphatic rings. The van der Waals surface area contributed by atoms with Crippen LogP contribution in [0.5, 0.6) is 0 Å². The van der Waals surface area contributed by atoms with Gasteiger partial charge in [-0.1, -0.05) is 0 Å². The molecule has 2 N–H and O–H groups in total. The number of nitrogens with one attached hydrogen (secondary N) is 2. The zero-order chi connectivity index (χ0) is 9.97. The van der Waals surface area contributed by atoms with Crippen molar-refractivity contribution >= 4 is 5.91 Å². The molecular formula is C10H19N3O. The Morgan fingerprint density at radius 1 is 1.50 bits per heavy atom. The van der Waals surface area contributed by atoms with E-state index in [1.807, 2.05) is 7.05 Å². The highest BCUT2D eigenvalue weighted by atomic mass is 16.2. The smallest absolute Gasteiger partial charge is 0.238 e. The molecule has 0 spiro atoms. The molecule has 0 aromatic heterocycles. The number of hydrogen-bond acceptors (Lipinski definition) is 3. The molecule has 1 heterocycles. The van der Waals surface area contributed by atoms with E-state index in [9.17, 15) is 4.79 Å². The number of carbonyl (C=O) groups is 1.